The van der Waals surface area contributed by atoms with Gasteiger partial charge in [0.05, 0.1) is 0 Å². The Bertz CT molecular complexity index is 476. The summed E-state index contributed by atoms with van der Waals surface area (Å²) >= 11 is 0. The number of carbonyl (C=O) groups is 1. The van der Waals surface area contributed by atoms with Crippen LogP contribution in [-0.4, -0.2) is 56.4 Å². The fraction of sp³-hybridized carbons (Fsp3) is 0.500. The first-order valence-corrected chi connectivity index (χ1v) is 6.58. The zero-order chi connectivity index (χ0) is 14.5. The first-order valence-electron chi connectivity index (χ1n) is 6.58. The van der Waals surface area contributed by atoms with E-state index in [0.29, 0.717) is 36.8 Å². The van der Waals surface area contributed by atoms with Crippen LogP contribution in [0.25, 0.3) is 0 Å². The fourth-order valence-electron chi connectivity index (χ4n) is 2.02. The molecule has 6 nitrogen and oxygen atoms in total. The minimum atomic E-state index is -0.902. The molecule has 1 aromatic rings. The summed E-state index contributed by atoms with van der Waals surface area (Å²) in [5, 5.41) is 12.4. The predicted molar refractivity (Wildman–Crippen MR) is 74.4 cm³/mol. The number of ether oxygens (including phenoxy) is 2. The summed E-state index contributed by atoms with van der Waals surface area (Å²) in [6, 6.07) is 4.50. The Labute approximate surface area is 118 Å². The Balaban J connectivity index is 2.10. The van der Waals surface area contributed by atoms with Gasteiger partial charge in [-0.3, -0.25) is 10.1 Å². The number of hydrogen-bond acceptors (Lipinski definition) is 5. The van der Waals surface area contributed by atoms with Gasteiger partial charge in [0.15, 0.2) is 11.5 Å². The SMILES string of the molecule is CN(C)CCNC(C(=O)O)c1ccc2c(c1)OCCO2. The predicted octanol–water partition coefficient (Wildman–Crippen LogP) is 0.735. The van der Waals surface area contributed by atoms with Crippen molar-refractivity contribution < 1.29 is 19.4 Å². The number of carboxylic acid groups (broad SMARTS) is 1. The molecule has 110 valence electrons. The van der Waals surface area contributed by atoms with Crippen molar-refractivity contribution in [1.29, 1.82) is 0 Å². The summed E-state index contributed by atoms with van der Waals surface area (Å²) < 4.78 is 10.9. The number of hydrogen-bond donors (Lipinski definition) is 2. The molecule has 1 aliphatic heterocycles. The van der Waals surface area contributed by atoms with Gasteiger partial charge in [0.1, 0.15) is 19.3 Å². The molecule has 0 radical (unpaired) electrons. The molecule has 0 bridgehead atoms. The van der Waals surface area contributed by atoms with Crippen molar-refractivity contribution in [1.82, 2.24) is 10.2 Å². The minimum absolute atomic E-state index is 0.488. The number of rotatable bonds is 6. The van der Waals surface area contributed by atoms with Crippen molar-refractivity contribution in [2.75, 3.05) is 40.4 Å². The molecular weight excluding hydrogens is 260 g/mol. The Morgan fingerprint density at radius 1 is 1.35 bits per heavy atom. The summed E-state index contributed by atoms with van der Waals surface area (Å²) in [6.45, 7) is 2.38. The summed E-state index contributed by atoms with van der Waals surface area (Å²) in [5.41, 5.74) is 0.667. The molecule has 0 saturated heterocycles. The van der Waals surface area contributed by atoms with Gasteiger partial charge in [-0.05, 0) is 31.8 Å². The maximum atomic E-state index is 11.4. The molecule has 1 heterocycles. The number of benzene rings is 1. The van der Waals surface area contributed by atoms with Crippen LogP contribution in [0, 0.1) is 0 Å². The maximum absolute atomic E-state index is 11.4. The standard InChI is InChI=1S/C14H20N2O4/c1-16(2)6-5-15-13(14(17)18)10-3-4-11-12(9-10)20-8-7-19-11/h3-4,9,13,15H,5-8H2,1-2H3,(H,17,18). The number of aliphatic carboxylic acids is 1. The number of nitrogens with zero attached hydrogens (tertiary/aromatic N) is 1. The molecule has 0 aliphatic carbocycles. The van der Waals surface area contributed by atoms with E-state index in [0.717, 1.165) is 6.54 Å². The van der Waals surface area contributed by atoms with E-state index in [-0.39, 0.29) is 0 Å². The molecule has 0 saturated carbocycles. The van der Waals surface area contributed by atoms with Crippen molar-refractivity contribution in [3.05, 3.63) is 23.8 Å². The van der Waals surface area contributed by atoms with Crippen LogP contribution in [0.3, 0.4) is 0 Å². The summed E-state index contributed by atoms with van der Waals surface area (Å²) in [6.07, 6.45) is 0. The quantitative estimate of drug-likeness (QED) is 0.800. The molecule has 0 amide bonds. The fourth-order valence-corrected chi connectivity index (χ4v) is 2.02. The van der Waals surface area contributed by atoms with E-state index in [1.807, 2.05) is 19.0 Å². The second kappa shape index (κ2) is 6.58. The van der Waals surface area contributed by atoms with Crippen molar-refractivity contribution in [3.63, 3.8) is 0 Å². The van der Waals surface area contributed by atoms with Gasteiger partial charge in [0.2, 0.25) is 0 Å². The maximum Gasteiger partial charge on any atom is 0.325 e. The van der Waals surface area contributed by atoms with E-state index >= 15 is 0 Å². The highest BCUT2D eigenvalue weighted by Crippen LogP contribution is 2.32. The number of nitrogens with one attached hydrogen (secondary N) is 1. The molecule has 0 spiro atoms. The lowest BCUT2D eigenvalue weighted by Crippen LogP contribution is -2.34. The average molecular weight is 280 g/mol. The third-order valence-corrected chi connectivity index (χ3v) is 3.05. The van der Waals surface area contributed by atoms with E-state index in [1.165, 1.54) is 0 Å². The van der Waals surface area contributed by atoms with Gasteiger partial charge >= 0.3 is 5.97 Å². The Hall–Kier alpha value is -1.79. The van der Waals surface area contributed by atoms with Crippen LogP contribution >= 0.6 is 0 Å². The number of carboxylic acids is 1. The van der Waals surface area contributed by atoms with Crippen LogP contribution in [0.1, 0.15) is 11.6 Å². The van der Waals surface area contributed by atoms with Gasteiger partial charge in [0, 0.05) is 13.1 Å². The van der Waals surface area contributed by atoms with E-state index in [2.05, 4.69) is 5.32 Å². The van der Waals surface area contributed by atoms with Gasteiger partial charge < -0.3 is 19.5 Å². The van der Waals surface area contributed by atoms with Crippen molar-refractivity contribution in [2.24, 2.45) is 0 Å². The Morgan fingerprint density at radius 3 is 2.70 bits per heavy atom. The normalized spacial score (nSPS) is 15.2. The second-order valence-electron chi connectivity index (χ2n) is 4.93. The lowest BCUT2D eigenvalue weighted by molar-refractivity contribution is -0.139. The zero-order valence-electron chi connectivity index (χ0n) is 11.8. The van der Waals surface area contributed by atoms with Crippen molar-refractivity contribution in [3.8, 4) is 11.5 Å². The summed E-state index contributed by atoms with van der Waals surface area (Å²) in [4.78, 5) is 13.4. The van der Waals surface area contributed by atoms with Gasteiger partial charge in [-0.1, -0.05) is 6.07 Å². The minimum Gasteiger partial charge on any atom is -0.486 e. The zero-order valence-corrected chi connectivity index (χ0v) is 11.8. The molecule has 1 aliphatic rings. The first kappa shape index (κ1) is 14.6. The van der Waals surface area contributed by atoms with E-state index < -0.39 is 12.0 Å². The topological polar surface area (TPSA) is 71.0 Å². The average Bonchev–Trinajstić information content (AvgIpc) is 2.42. The molecule has 2 N–H and O–H groups in total. The van der Waals surface area contributed by atoms with Crippen LogP contribution in [0.4, 0.5) is 0 Å². The molecule has 1 atom stereocenters. The third kappa shape index (κ3) is 3.61. The first-order chi connectivity index (χ1) is 9.58. The summed E-state index contributed by atoms with van der Waals surface area (Å²) in [7, 11) is 3.89. The van der Waals surface area contributed by atoms with Crippen LogP contribution in [0.2, 0.25) is 0 Å². The molecule has 2 rings (SSSR count). The third-order valence-electron chi connectivity index (χ3n) is 3.05. The second-order valence-corrected chi connectivity index (χ2v) is 4.93. The van der Waals surface area contributed by atoms with E-state index in [9.17, 15) is 9.90 Å². The monoisotopic (exact) mass is 280 g/mol. The Morgan fingerprint density at radius 2 is 2.05 bits per heavy atom. The van der Waals surface area contributed by atoms with Crippen molar-refractivity contribution in [2.45, 2.75) is 6.04 Å². The van der Waals surface area contributed by atoms with Crippen LogP contribution < -0.4 is 14.8 Å². The highest BCUT2D eigenvalue weighted by Gasteiger charge is 2.22. The molecule has 6 heteroatoms. The smallest absolute Gasteiger partial charge is 0.325 e. The van der Waals surface area contributed by atoms with Gasteiger partial charge in [0.25, 0.3) is 0 Å². The lowest BCUT2D eigenvalue weighted by atomic mass is 10.1. The van der Waals surface area contributed by atoms with Crippen LogP contribution in [0.15, 0.2) is 18.2 Å². The molecule has 0 aromatic heterocycles. The number of fused-ring (bicyclic) bond motifs is 1. The molecule has 1 unspecified atom stereocenters. The molecular formula is C14H20N2O4. The molecule has 20 heavy (non-hydrogen) atoms. The highest BCUT2D eigenvalue weighted by molar-refractivity contribution is 5.76. The van der Waals surface area contributed by atoms with Crippen molar-refractivity contribution >= 4 is 5.97 Å². The Kier molecular flexibility index (Phi) is 4.81. The van der Waals surface area contributed by atoms with Gasteiger partial charge in [-0.2, -0.15) is 0 Å². The number of likely N-dealkylation sites (N-methyl/N-ethyl adjacent to an activating group) is 1. The van der Waals surface area contributed by atoms with E-state index in [4.69, 9.17) is 9.47 Å². The largest absolute Gasteiger partial charge is 0.486 e. The highest BCUT2D eigenvalue weighted by atomic mass is 16.6. The van der Waals surface area contributed by atoms with E-state index in [1.54, 1.807) is 18.2 Å². The lowest BCUT2D eigenvalue weighted by Gasteiger charge is -2.21. The molecule has 0 fully saturated rings. The molecule has 1 aromatic carbocycles. The van der Waals surface area contributed by atoms with Crippen LogP contribution in [0.5, 0.6) is 11.5 Å². The van der Waals surface area contributed by atoms with Gasteiger partial charge in [-0.25, -0.2) is 0 Å². The van der Waals surface area contributed by atoms with Crippen LogP contribution in [-0.2, 0) is 4.79 Å². The summed E-state index contributed by atoms with van der Waals surface area (Å²) in [5.74, 6) is 0.368. The van der Waals surface area contributed by atoms with Gasteiger partial charge in [-0.15, -0.1) is 0 Å².